The van der Waals surface area contributed by atoms with Crippen molar-refractivity contribution in [1.29, 1.82) is 0 Å². The highest BCUT2D eigenvalue weighted by atomic mass is 16.5. The summed E-state index contributed by atoms with van der Waals surface area (Å²) in [6.45, 7) is 1.89. The molecule has 0 aliphatic rings. The molecule has 5 nitrogen and oxygen atoms in total. The van der Waals surface area contributed by atoms with Gasteiger partial charge in [-0.15, -0.1) is 0 Å². The van der Waals surface area contributed by atoms with Crippen molar-refractivity contribution < 1.29 is 9.53 Å². The minimum atomic E-state index is -0.314. The Hall–Kier alpha value is -1.78. The molecule has 0 radical (unpaired) electrons. The molecule has 1 rings (SSSR count). The van der Waals surface area contributed by atoms with E-state index in [4.69, 9.17) is 16.2 Å². The number of anilines is 2. The van der Waals surface area contributed by atoms with E-state index < -0.39 is 0 Å². The molecule has 5 heteroatoms. The third-order valence-corrected chi connectivity index (χ3v) is 1.59. The predicted molar refractivity (Wildman–Crippen MR) is 53.6 cm³/mol. The topological polar surface area (TPSA) is 91.2 Å². The number of ether oxygens (including phenoxy) is 1. The van der Waals surface area contributed by atoms with Crippen LogP contribution in [0.2, 0.25) is 0 Å². The quantitative estimate of drug-likeness (QED) is 0.700. The monoisotopic (exact) mass is 195 g/mol. The van der Waals surface area contributed by atoms with Crippen molar-refractivity contribution in [2.45, 2.75) is 19.8 Å². The van der Waals surface area contributed by atoms with Crippen molar-refractivity contribution >= 4 is 17.6 Å². The van der Waals surface area contributed by atoms with Crippen molar-refractivity contribution in [3.05, 3.63) is 12.1 Å². The van der Waals surface area contributed by atoms with Crippen LogP contribution in [0.3, 0.4) is 0 Å². The largest absolute Gasteiger partial charge is 0.423 e. The normalized spacial score (nSPS) is 9.79. The number of hydrogen-bond donors (Lipinski definition) is 2. The summed E-state index contributed by atoms with van der Waals surface area (Å²) in [6.07, 6.45) is 1.10. The Morgan fingerprint density at radius 1 is 1.50 bits per heavy atom. The fraction of sp³-hybridized carbons (Fsp3) is 0.333. The van der Waals surface area contributed by atoms with Gasteiger partial charge < -0.3 is 16.2 Å². The maximum atomic E-state index is 11.1. The highest BCUT2D eigenvalue weighted by Gasteiger charge is 2.07. The van der Waals surface area contributed by atoms with Crippen LogP contribution < -0.4 is 16.2 Å². The third-order valence-electron chi connectivity index (χ3n) is 1.59. The molecule has 0 saturated heterocycles. The van der Waals surface area contributed by atoms with Gasteiger partial charge in [-0.2, -0.15) is 0 Å². The lowest BCUT2D eigenvalue weighted by Crippen LogP contribution is -2.09. The van der Waals surface area contributed by atoms with Crippen LogP contribution in [0, 0.1) is 0 Å². The second-order valence-corrected chi connectivity index (χ2v) is 2.84. The highest BCUT2D eigenvalue weighted by molar-refractivity contribution is 5.74. The van der Waals surface area contributed by atoms with Crippen LogP contribution in [0.25, 0.3) is 0 Å². The number of aromatic nitrogens is 1. The smallest absolute Gasteiger partial charge is 0.311 e. The number of carbonyl (C=O) groups excluding carboxylic acids is 1. The highest BCUT2D eigenvalue weighted by Crippen LogP contribution is 2.20. The molecule has 4 N–H and O–H groups in total. The van der Waals surface area contributed by atoms with E-state index in [-0.39, 0.29) is 17.5 Å². The first kappa shape index (κ1) is 10.3. The number of pyridine rings is 1. The first-order chi connectivity index (χ1) is 6.63. The molecule has 0 saturated carbocycles. The van der Waals surface area contributed by atoms with Crippen molar-refractivity contribution in [3.8, 4) is 5.75 Å². The molecular weight excluding hydrogens is 182 g/mol. The minimum Gasteiger partial charge on any atom is -0.423 e. The molecule has 0 aromatic carbocycles. The van der Waals surface area contributed by atoms with Crippen molar-refractivity contribution in [1.82, 2.24) is 4.98 Å². The van der Waals surface area contributed by atoms with Gasteiger partial charge in [0.05, 0.1) is 0 Å². The minimum absolute atomic E-state index is 0.134. The summed E-state index contributed by atoms with van der Waals surface area (Å²) in [7, 11) is 0. The summed E-state index contributed by atoms with van der Waals surface area (Å²) < 4.78 is 4.96. The number of nitrogens with two attached hydrogens (primary N) is 2. The molecule has 76 valence electrons. The van der Waals surface area contributed by atoms with Crippen LogP contribution in [-0.4, -0.2) is 11.0 Å². The van der Waals surface area contributed by atoms with Crippen molar-refractivity contribution in [2.75, 3.05) is 11.5 Å². The number of rotatable bonds is 3. The van der Waals surface area contributed by atoms with Gasteiger partial charge in [-0.05, 0) is 18.6 Å². The van der Waals surface area contributed by atoms with Gasteiger partial charge in [-0.1, -0.05) is 6.92 Å². The molecule has 0 fully saturated rings. The van der Waals surface area contributed by atoms with E-state index in [1.807, 2.05) is 6.92 Å². The molecule has 0 spiro atoms. The fourth-order valence-electron chi connectivity index (χ4n) is 0.942. The van der Waals surface area contributed by atoms with Gasteiger partial charge in [0.2, 0.25) is 0 Å². The van der Waals surface area contributed by atoms with Crippen LogP contribution in [0.4, 0.5) is 11.6 Å². The van der Waals surface area contributed by atoms with Crippen molar-refractivity contribution in [2.24, 2.45) is 0 Å². The van der Waals surface area contributed by atoms with E-state index in [1.54, 1.807) is 0 Å². The van der Waals surface area contributed by atoms with E-state index in [0.29, 0.717) is 12.2 Å². The maximum Gasteiger partial charge on any atom is 0.311 e. The van der Waals surface area contributed by atoms with E-state index in [2.05, 4.69) is 4.98 Å². The van der Waals surface area contributed by atoms with Crippen LogP contribution in [0.15, 0.2) is 12.1 Å². The Balaban J connectivity index is 2.72. The molecule has 14 heavy (non-hydrogen) atoms. The Morgan fingerprint density at radius 3 is 2.79 bits per heavy atom. The van der Waals surface area contributed by atoms with Gasteiger partial charge in [-0.3, -0.25) is 4.79 Å². The molecule has 0 amide bonds. The second-order valence-electron chi connectivity index (χ2n) is 2.84. The lowest BCUT2D eigenvalue weighted by Gasteiger charge is -2.05. The summed E-state index contributed by atoms with van der Waals surface area (Å²) >= 11 is 0. The Labute approximate surface area is 82.1 Å². The molecule has 0 aliphatic carbocycles. The summed E-state index contributed by atoms with van der Waals surface area (Å²) in [5, 5.41) is 0. The zero-order valence-corrected chi connectivity index (χ0v) is 7.99. The van der Waals surface area contributed by atoms with Crippen LogP contribution >= 0.6 is 0 Å². The summed E-state index contributed by atoms with van der Waals surface area (Å²) in [5.41, 5.74) is 10.9. The number of nitrogen functional groups attached to an aromatic ring is 2. The lowest BCUT2D eigenvalue weighted by molar-refractivity contribution is -0.134. The van der Waals surface area contributed by atoms with Gasteiger partial charge >= 0.3 is 5.97 Å². The van der Waals surface area contributed by atoms with Gasteiger partial charge in [0.25, 0.3) is 0 Å². The first-order valence-corrected chi connectivity index (χ1v) is 4.36. The molecule has 1 heterocycles. The molecule has 1 aromatic rings. The Morgan fingerprint density at radius 2 is 2.21 bits per heavy atom. The molecular formula is C9H13N3O2. The van der Waals surface area contributed by atoms with Gasteiger partial charge in [0.15, 0.2) is 11.6 Å². The summed E-state index contributed by atoms with van der Waals surface area (Å²) in [6, 6.07) is 3.07. The summed E-state index contributed by atoms with van der Waals surface area (Å²) in [4.78, 5) is 14.9. The lowest BCUT2D eigenvalue weighted by atomic mass is 10.3. The number of esters is 1. The molecule has 0 unspecified atom stereocenters. The number of hydrogen-bond acceptors (Lipinski definition) is 5. The molecule has 0 atom stereocenters. The average molecular weight is 195 g/mol. The number of nitrogens with zero attached hydrogens (tertiary/aromatic N) is 1. The fourth-order valence-corrected chi connectivity index (χ4v) is 0.942. The van der Waals surface area contributed by atoms with E-state index >= 15 is 0 Å². The zero-order chi connectivity index (χ0) is 10.6. The first-order valence-electron chi connectivity index (χ1n) is 4.36. The average Bonchev–Trinajstić information content (AvgIpc) is 2.10. The standard InChI is InChI=1S/C9H13N3O2/c1-2-3-8(13)14-6-4-5-7(10)12-9(6)11/h4-5H,2-3H2,1H3,(H4,10,11,12). The van der Waals surface area contributed by atoms with Gasteiger partial charge in [0, 0.05) is 6.42 Å². The van der Waals surface area contributed by atoms with Gasteiger partial charge in [-0.25, -0.2) is 4.98 Å². The van der Waals surface area contributed by atoms with Crippen LogP contribution in [0.1, 0.15) is 19.8 Å². The van der Waals surface area contributed by atoms with Crippen molar-refractivity contribution in [3.63, 3.8) is 0 Å². The number of carbonyl (C=O) groups is 1. The van der Waals surface area contributed by atoms with E-state index in [0.717, 1.165) is 6.42 Å². The second kappa shape index (κ2) is 4.45. The molecule has 0 aliphatic heterocycles. The Bertz CT molecular complexity index is 339. The summed E-state index contributed by atoms with van der Waals surface area (Å²) in [5.74, 6) is 0.385. The van der Waals surface area contributed by atoms with E-state index in [1.165, 1.54) is 12.1 Å². The maximum absolute atomic E-state index is 11.1. The molecule has 1 aromatic heterocycles. The predicted octanol–water partition coefficient (Wildman–Crippen LogP) is 0.952. The SMILES string of the molecule is CCCC(=O)Oc1ccc(N)nc1N. The Kier molecular flexibility index (Phi) is 3.28. The zero-order valence-electron chi connectivity index (χ0n) is 7.99. The van der Waals surface area contributed by atoms with Crippen LogP contribution in [0.5, 0.6) is 5.75 Å². The van der Waals surface area contributed by atoms with Gasteiger partial charge in [0.1, 0.15) is 5.82 Å². The third kappa shape index (κ3) is 2.62. The van der Waals surface area contributed by atoms with E-state index in [9.17, 15) is 4.79 Å². The van der Waals surface area contributed by atoms with Crippen LogP contribution in [-0.2, 0) is 4.79 Å². The molecule has 0 bridgehead atoms.